The van der Waals surface area contributed by atoms with Crippen LogP contribution in [0.5, 0.6) is 5.75 Å². The van der Waals surface area contributed by atoms with Crippen LogP contribution in [0.15, 0.2) is 53.6 Å². The molecule has 34 heavy (non-hydrogen) atoms. The predicted octanol–water partition coefficient (Wildman–Crippen LogP) is 4.53. The molecule has 0 amide bonds. The molecule has 1 saturated carbocycles. The van der Waals surface area contributed by atoms with E-state index in [-0.39, 0.29) is 23.0 Å². The molecule has 0 spiro atoms. The highest BCUT2D eigenvalue weighted by Crippen LogP contribution is 2.37. The van der Waals surface area contributed by atoms with E-state index in [1.54, 1.807) is 36.4 Å². The third kappa shape index (κ3) is 4.67. The van der Waals surface area contributed by atoms with Gasteiger partial charge in [-0.15, -0.1) is 11.8 Å². The van der Waals surface area contributed by atoms with E-state index in [4.69, 9.17) is 10.5 Å². The number of nitriles is 3. The first-order valence-corrected chi connectivity index (χ1v) is 11.7. The Kier molecular flexibility index (Phi) is 6.99. The van der Waals surface area contributed by atoms with E-state index in [1.807, 2.05) is 12.1 Å². The van der Waals surface area contributed by atoms with E-state index in [0.29, 0.717) is 33.2 Å². The Labute approximate surface area is 202 Å². The molecule has 2 aromatic carbocycles. The number of anilines is 1. The third-order valence-corrected chi connectivity index (χ3v) is 6.79. The van der Waals surface area contributed by atoms with Gasteiger partial charge in [-0.3, -0.25) is 0 Å². The van der Waals surface area contributed by atoms with E-state index in [2.05, 4.69) is 23.2 Å². The molecule has 0 unspecified atom stereocenters. The van der Waals surface area contributed by atoms with Gasteiger partial charge < -0.3 is 15.6 Å². The second-order valence-electron chi connectivity index (χ2n) is 7.89. The fraction of sp³-hybridized carbons (Fsp3) is 0.231. The van der Waals surface area contributed by atoms with Crippen molar-refractivity contribution in [1.82, 2.24) is 4.98 Å². The predicted molar refractivity (Wildman–Crippen MR) is 129 cm³/mol. The Balaban J connectivity index is 1.68. The summed E-state index contributed by atoms with van der Waals surface area (Å²) in [5.74, 6) is 1.07. The van der Waals surface area contributed by atoms with Gasteiger partial charge in [0.05, 0.1) is 23.3 Å². The van der Waals surface area contributed by atoms with Crippen LogP contribution in [0.1, 0.15) is 41.5 Å². The molecule has 0 radical (unpaired) electrons. The lowest BCUT2D eigenvalue weighted by atomic mass is 9.97. The highest BCUT2D eigenvalue weighted by molar-refractivity contribution is 7.98. The summed E-state index contributed by atoms with van der Waals surface area (Å²) in [6.07, 6.45) is 1.76. The number of hydrogen-bond donors (Lipinski definition) is 2. The normalized spacial score (nSPS) is 16.9. The van der Waals surface area contributed by atoms with Gasteiger partial charge in [0.1, 0.15) is 40.4 Å². The molecule has 4 rings (SSSR count). The van der Waals surface area contributed by atoms with Crippen LogP contribution in [0.25, 0.3) is 11.1 Å². The molecular formula is C26H21N5O2S. The summed E-state index contributed by atoms with van der Waals surface area (Å²) < 4.78 is 5.90. The lowest BCUT2D eigenvalue weighted by Gasteiger charge is -2.18. The molecule has 3 aromatic rings. The topological polar surface area (TPSA) is 140 Å². The van der Waals surface area contributed by atoms with E-state index < -0.39 is 6.10 Å². The van der Waals surface area contributed by atoms with Gasteiger partial charge >= 0.3 is 0 Å². The van der Waals surface area contributed by atoms with Gasteiger partial charge in [-0.1, -0.05) is 30.3 Å². The number of benzene rings is 2. The largest absolute Gasteiger partial charge is 0.488 e. The lowest BCUT2D eigenvalue weighted by Crippen LogP contribution is -2.25. The zero-order valence-corrected chi connectivity index (χ0v) is 19.0. The van der Waals surface area contributed by atoms with Crippen LogP contribution < -0.4 is 10.5 Å². The first-order chi connectivity index (χ1) is 16.5. The molecule has 0 saturated heterocycles. The van der Waals surface area contributed by atoms with Crippen molar-refractivity contribution in [3.63, 3.8) is 0 Å². The third-order valence-electron chi connectivity index (χ3n) is 5.77. The number of aliphatic hydroxyl groups excluding tert-OH is 1. The van der Waals surface area contributed by atoms with Gasteiger partial charge in [-0.25, -0.2) is 4.98 Å². The minimum absolute atomic E-state index is 0.0435. The van der Waals surface area contributed by atoms with E-state index in [1.165, 1.54) is 11.8 Å². The van der Waals surface area contributed by atoms with Gasteiger partial charge in [0.25, 0.3) is 0 Å². The van der Waals surface area contributed by atoms with Crippen molar-refractivity contribution in [3.8, 4) is 35.1 Å². The summed E-state index contributed by atoms with van der Waals surface area (Å²) in [7, 11) is 0. The molecule has 8 heteroatoms. The number of pyridine rings is 1. The Hall–Kier alpha value is -4.03. The average molecular weight is 468 g/mol. The summed E-state index contributed by atoms with van der Waals surface area (Å²) in [5, 5.41) is 39.5. The molecule has 1 aromatic heterocycles. The van der Waals surface area contributed by atoms with Gasteiger partial charge in [-0.05, 0) is 48.6 Å². The van der Waals surface area contributed by atoms with Gasteiger partial charge in [0.2, 0.25) is 0 Å². The first-order valence-electron chi connectivity index (χ1n) is 10.7. The van der Waals surface area contributed by atoms with Crippen molar-refractivity contribution in [2.45, 2.75) is 42.2 Å². The Morgan fingerprint density at radius 1 is 1.00 bits per heavy atom. The number of nitrogens with zero attached hydrogens (tertiary/aromatic N) is 4. The van der Waals surface area contributed by atoms with Crippen LogP contribution in [0.4, 0.5) is 5.82 Å². The second kappa shape index (κ2) is 10.3. The SMILES string of the molecule is N#Cc1ccccc1CSc1nc(N)c(C#N)c(-c2ccc(O[C@H]3CCC[C@@H]3O)cc2)c1C#N. The molecule has 2 atom stereocenters. The van der Waals surface area contributed by atoms with Crippen LogP contribution in [-0.4, -0.2) is 22.3 Å². The Morgan fingerprint density at radius 3 is 2.38 bits per heavy atom. The molecule has 1 fully saturated rings. The number of thioether (sulfide) groups is 1. The molecule has 7 nitrogen and oxygen atoms in total. The lowest BCUT2D eigenvalue weighted by molar-refractivity contribution is 0.0604. The number of aliphatic hydroxyl groups is 1. The number of ether oxygens (including phenoxy) is 1. The zero-order valence-electron chi connectivity index (χ0n) is 18.2. The number of aromatic nitrogens is 1. The van der Waals surface area contributed by atoms with Gasteiger partial charge in [0.15, 0.2) is 0 Å². The molecule has 3 N–H and O–H groups in total. The molecule has 1 aliphatic rings. The molecule has 0 bridgehead atoms. The van der Waals surface area contributed by atoms with Crippen LogP contribution >= 0.6 is 11.8 Å². The van der Waals surface area contributed by atoms with Crippen LogP contribution in [0.3, 0.4) is 0 Å². The van der Waals surface area contributed by atoms with E-state index in [0.717, 1.165) is 24.8 Å². The minimum atomic E-state index is -0.471. The molecular weight excluding hydrogens is 446 g/mol. The smallest absolute Gasteiger partial charge is 0.143 e. The number of nitrogens with two attached hydrogens (primary N) is 1. The fourth-order valence-electron chi connectivity index (χ4n) is 4.01. The molecule has 168 valence electrons. The number of nitrogen functional groups attached to an aromatic ring is 1. The summed E-state index contributed by atoms with van der Waals surface area (Å²) in [4.78, 5) is 4.33. The summed E-state index contributed by atoms with van der Waals surface area (Å²) in [5.41, 5.74) is 8.93. The maximum Gasteiger partial charge on any atom is 0.143 e. The summed E-state index contributed by atoms with van der Waals surface area (Å²) in [6.45, 7) is 0. The highest BCUT2D eigenvalue weighted by atomic mass is 32.2. The first kappa shape index (κ1) is 23.1. The Bertz CT molecular complexity index is 1340. The zero-order chi connectivity index (χ0) is 24.1. The monoisotopic (exact) mass is 467 g/mol. The van der Waals surface area contributed by atoms with Gasteiger partial charge in [0, 0.05) is 11.3 Å². The van der Waals surface area contributed by atoms with Crippen LogP contribution in [-0.2, 0) is 5.75 Å². The molecule has 0 aliphatic heterocycles. The maximum atomic E-state index is 10.0. The van der Waals surface area contributed by atoms with Crippen molar-refractivity contribution in [2.75, 3.05) is 5.73 Å². The standard InChI is InChI=1S/C26H21N5O2S/c27-12-17-4-1-2-5-18(17)15-34-26-21(14-29)24(20(13-28)25(30)31-26)16-8-10-19(11-9-16)33-23-7-3-6-22(23)32/h1-2,4-5,8-11,22-23,32H,3,6-7,15H2,(H2,30,31)/t22-,23-/m0/s1. The average Bonchev–Trinajstić information content (AvgIpc) is 3.27. The molecule has 1 aliphatic carbocycles. The van der Waals surface area contributed by atoms with E-state index >= 15 is 0 Å². The van der Waals surface area contributed by atoms with Crippen molar-refractivity contribution in [2.24, 2.45) is 0 Å². The maximum absolute atomic E-state index is 10.0. The second-order valence-corrected chi connectivity index (χ2v) is 8.85. The summed E-state index contributed by atoms with van der Waals surface area (Å²) >= 11 is 1.29. The summed E-state index contributed by atoms with van der Waals surface area (Å²) in [6, 6.07) is 20.7. The van der Waals surface area contributed by atoms with Crippen molar-refractivity contribution < 1.29 is 9.84 Å². The van der Waals surface area contributed by atoms with E-state index in [9.17, 15) is 20.9 Å². The van der Waals surface area contributed by atoms with Crippen molar-refractivity contribution in [1.29, 1.82) is 15.8 Å². The number of hydrogen-bond acceptors (Lipinski definition) is 8. The van der Waals surface area contributed by atoms with Crippen molar-refractivity contribution >= 4 is 17.6 Å². The van der Waals surface area contributed by atoms with Crippen LogP contribution in [0, 0.1) is 34.0 Å². The minimum Gasteiger partial charge on any atom is -0.488 e. The fourth-order valence-corrected chi connectivity index (χ4v) is 5.01. The Morgan fingerprint density at radius 2 is 1.74 bits per heavy atom. The highest BCUT2D eigenvalue weighted by Gasteiger charge is 2.27. The number of rotatable bonds is 6. The van der Waals surface area contributed by atoms with Gasteiger partial charge in [-0.2, -0.15) is 15.8 Å². The quantitative estimate of drug-likeness (QED) is 0.504. The van der Waals surface area contributed by atoms with Crippen LogP contribution in [0.2, 0.25) is 0 Å². The molecule has 1 heterocycles. The van der Waals surface area contributed by atoms with Crippen molar-refractivity contribution in [3.05, 3.63) is 70.8 Å².